The molecule has 3 aromatic rings. The summed E-state index contributed by atoms with van der Waals surface area (Å²) in [5, 5.41) is 2.30. The van der Waals surface area contributed by atoms with Gasteiger partial charge in [0, 0.05) is 17.1 Å². The fourth-order valence-corrected chi connectivity index (χ4v) is 1.89. The number of pyridine rings is 1. The largest absolute Gasteiger partial charge is 0.256 e. The normalized spacial score (nSPS) is 11.4. The molecule has 76 valence electrons. The van der Waals surface area contributed by atoms with Crippen LogP contribution in [0.2, 0.25) is 0 Å². The second kappa shape index (κ2) is 3.78. The fraction of sp³-hybridized carbons (Fsp3) is 0. The number of hydrogen-bond acceptors (Lipinski definition) is 1. The van der Waals surface area contributed by atoms with Crippen molar-refractivity contribution >= 4 is 10.8 Å². The molecule has 0 aliphatic carbocycles. The second-order valence-corrected chi connectivity index (χ2v) is 3.67. The van der Waals surface area contributed by atoms with Crippen LogP contribution in [0.1, 0.15) is 1.37 Å². The van der Waals surface area contributed by atoms with Gasteiger partial charge in [-0.3, -0.25) is 4.98 Å². The first kappa shape index (κ1) is 8.05. The van der Waals surface area contributed by atoms with Crippen LogP contribution in [0.4, 0.5) is 0 Å². The van der Waals surface area contributed by atoms with E-state index >= 15 is 0 Å². The first-order valence-electron chi connectivity index (χ1n) is 5.75. The minimum absolute atomic E-state index is 0.511. The molecule has 1 nitrogen and oxygen atoms in total. The molecule has 1 aromatic heterocycles. The Morgan fingerprint density at radius 3 is 2.69 bits per heavy atom. The molecule has 0 aliphatic rings. The molecule has 1 heterocycles. The minimum Gasteiger partial charge on any atom is -0.256 e. The molecule has 0 spiro atoms. The lowest BCUT2D eigenvalue weighted by Crippen LogP contribution is -1.84. The molecule has 0 unspecified atom stereocenters. The molecule has 0 radical (unpaired) electrons. The molecule has 0 fully saturated rings. The lowest BCUT2D eigenvalue weighted by atomic mass is 10.0. The summed E-state index contributed by atoms with van der Waals surface area (Å²) < 4.78 is 7.67. The fourth-order valence-electron chi connectivity index (χ4n) is 1.89. The minimum atomic E-state index is 0.511. The molecule has 0 saturated heterocycles. The summed E-state index contributed by atoms with van der Waals surface area (Å²) in [7, 11) is 0. The zero-order valence-corrected chi connectivity index (χ0v) is 8.72. The van der Waals surface area contributed by atoms with Crippen LogP contribution >= 0.6 is 0 Å². The van der Waals surface area contributed by atoms with Gasteiger partial charge < -0.3 is 0 Å². The molecule has 16 heavy (non-hydrogen) atoms. The van der Waals surface area contributed by atoms with Gasteiger partial charge in [0.1, 0.15) is 0 Å². The first-order chi connectivity index (χ1) is 8.34. The Bertz CT molecular complexity index is 671. The smallest absolute Gasteiger partial charge is 0.0780 e. The molecule has 1 heteroatoms. The van der Waals surface area contributed by atoms with E-state index in [-0.39, 0.29) is 0 Å². The predicted molar refractivity (Wildman–Crippen MR) is 67.2 cm³/mol. The highest BCUT2D eigenvalue weighted by atomic mass is 14.7. The molecule has 0 N–H and O–H groups in total. The Morgan fingerprint density at radius 2 is 1.75 bits per heavy atom. The molecule has 3 rings (SSSR count). The van der Waals surface area contributed by atoms with Crippen LogP contribution in [-0.4, -0.2) is 4.98 Å². The molecular formula is C15H11N. The topological polar surface area (TPSA) is 12.9 Å². The van der Waals surface area contributed by atoms with Crippen molar-refractivity contribution < 1.29 is 1.37 Å². The highest BCUT2D eigenvalue weighted by molar-refractivity contribution is 5.94. The van der Waals surface area contributed by atoms with Crippen molar-refractivity contribution in [3.8, 4) is 11.3 Å². The van der Waals surface area contributed by atoms with Gasteiger partial charge in [0.15, 0.2) is 0 Å². The first-order valence-corrected chi connectivity index (χ1v) is 5.25. The van der Waals surface area contributed by atoms with Crippen LogP contribution in [-0.2, 0) is 0 Å². The Labute approximate surface area is 95.8 Å². The van der Waals surface area contributed by atoms with Crippen molar-refractivity contribution in [2.75, 3.05) is 0 Å². The maximum atomic E-state index is 7.67. The molecule has 0 saturated carbocycles. The highest BCUT2D eigenvalue weighted by Gasteiger charge is 2.03. The van der Waals surface area contributed by atoms with E-state index in [1.165, 1.54) is 5.39 Å². The quantitative estimate of drug-likeness (QED) is 0.588. The highest BCUT2D eigenvalue weighted by Crippen LogP contribution is 2.25. The van der Waals surface area contributed by atoms with Gasteiger partial charge in [0.2, 0.25) is 0 Å². The second-order valence-electron chi connectivity index (χ2n) is 3.67. The van der Waals surface area contributed by atoms with E-state index in [2.05, 4.69) is 17.1 Å². The number of aromatic nitrogens is 1. The van der Waals surface area contributed by atoms with Crippen molar-refractivity contribution in [1.82, 2.24) is 4.98 Å². The summed E-state index contributed by atoms with van der Waals surface area (Å²) in [6.07, 6.45) is 1.81. The lowest BCUT2D eigenvalue weighted by molar-refractivity contribution is 1.36. The average molecular weight is 206 g/mol. The maximum Gasteiger partial charge on any atom is 0.0780 e. The van der Waals surface area contributed by atoms with Gasteiger partial charge in [0.05, 0.1) is 7.06 Å². The van der Waals surface area contributed by atoms with Gasteiger partial charge in [-0.1, -0.05) is 54.6 Å². The molecular weight excluding hydrogens is 194 g/mol. The van der Waals surface area contributed by atoms with E-state index in [4.69, 9.17) is 1.37 Å². The van der Waals surface area contributed by atoms with Gasteiger partial charge in [-0.15, -0.1) is 0 Å². The van der Waals surface area contributed by atoms with Crippen molar-refractivity contribution in [2.24, 2.45) is 0 Å². The number of rotatable bonds is 1. The molecule has 2 aromatic carbocycles. The van der Waals surface area contributed by atoms with E-state index < -0.39 is 0 Å². The number of fused-ring (bicyclic) bond motifs is 1. The Morgan fingerprint density at radius 1 is 0.875 bits per heavy atom. The summed E-state index contributed by atoms with van der Waals surface area (Å²) in [4.78, 5) is 4.43. The molecule has 0 bridgehead atoms. The lowest BCUT2D eigenvalue weighted by Gasteiger charge is -2.04. The number of benzene rings is 2. The summed E-state index contributed by atoms with van der Waals surface area (Å²) >= 11 is 0. The third-order valence-electron chi connectivity index (χ3n) is 2.65. The molecule has 0 amide bonds. The average Bonchev–Trinajstić information content (AvgIpc) is 2.38. The Kier molecular flexibility index (Phi) is 1.90. The van der Waals surface area contributed by atoms with Crippen LogP contribution in [0.5, 0.6) is 0 Å². The number of nitrogens with zero attached hydrogens (tertiary/aromatic N) is 1. The van der Waals surface area contributed by atoms with Crippen molar-refractivity contribution in [3.63, 3.8) is 0 Å². The zero-order chi connectivity index (χ0) is 11.7. The van der Waals surface area contributed by atoms with E-state index in [1.54, 1.807) is 6.07 Å². The van der Waals surface area contributed by atoms with Gasteiger partial charge in [-0.05, 0) is 11.5 Å². The van der Waals surface area contributed by atoms with Crippen molar-refractivity contribution in [3.05, 3.63) is 66.8 Å². The van der Waals surface area contributed by atoms with Crippen LogP contribution in [0.25, 0.3) is 22.0 Å². The summed E-state index contributed by atoms with van der Waals surface area (Å²) in [5.74, 6) is 0. The summed E-state index contributed by atoms with van der Waals surface area (Å²) in [6.45, 7) is 0. The SMILES string of the molecule is [2H]c1cccc(-c2nccc3ccccc23)c1. The van der Waals surface area contributed by atoms with Crippen LogP contribution < -0.4 is 0 Å². The van der Waals surface area contributed by atoms with E-state index in [9.17, 15) is 0 Å². The molecule has 0 atom stereocenters. The molecule has 0 aliphatic heterocycles. The number of hydrogen-bond donors (Lipinski definition) is 0. The van der Waals surface area contributed by atoms with Crippen molar-refractivity contribution in [2.45, 2.75) is 0 Å². The monoisotopic (exact) mass is 206 g/mol. The van der Waals surface area contributed by atoms with Gasteiger partial charge in [-0.2, -0.15) is 0 Å². The van der Waals surface area contributed by atoms with E-state index in [0.29, 0.717) is 6.04 Å². The van der Waals surface area contributed by atoms with Crippen LogP contribution in [0.3, 0.4) is 0 Å². The summed E-state index contributed by atoms with van der Waals surface area (Å²) in [6, 6.07) is 18.2. The third kappa shape index (κ3) is 1.47. The van der Waals surface area contributed by atoms with Gasteiger partial charge >= 0.3 is 0 Å². The van der Waals surface area contributed by atoms with Gasteiger partial charge in [0.25, 0.3) is 0 Å². The standard InChI is InChI=1S/C15H11N/c1-2-7-13(8-3-1)15-14-9-5-4-6-12(14)10-11-16-15/h1-11H/i2D. The van der Waals surface area contributed by atoms with E-state index in [0.717, 1.165) is 16.6 Å². The van der Waals surface area contributed by atoms with Gasteiger partial charge in [-0.25, -0.2) is 0 Å². The van der Waals surface area contributed by atoms with Crippen LogP contribution in [0.15, 0.2) is 66.8 Å². The predicted octanol–water partition coefficient (Wildman–Crippen LogP) is 3.90. The van der Waals surface area contributed by atoms with E-state index in [1.807, 2.05) is 42.6 Å². The van der Waals surface area contributed by atoms with Crippen LogP contribution in [0, 0.1) is 0 Å². The third-order valence-corrected chi connectivity index (χ3v) is 2.65. The Hall–Kier alpha value is -2.15. The summed E-state index contributed by atoms with van der Waals surface area (Å²) in [5.41, 5.74) is 1.94. The Balaban J connectivity index is 2.30. The zero-order valence-electron chi connectivity index (χ0n) is 9.72. The van der Waals surface area contributed by atoms with Crippen molar-refractivity contribution in [1.29, 1.82) is 0 Å². The maximum absolute atomic E-state index is 7.67.